The molecular formula is C8H8ClN3. The first kappa shape index (κ1) is 7.55. The largest absolute Gasteiger partial charge is 0.234 e. The number of aryl methyl sites for hydroxylation is 1. The van der Waals surface area contributed by atoms with Gasteiger partial charge >= 0.3 is 0 Å². The van der Waals surface area contributed by atoms with Crippen LogP contribution < -0.4 is 0 Å². The number of aromatic nitrogens is 3. The summed E-state index contributed by atoms with van der Waals surface area (Å²) >= 11 is 5.96. The number of hydrogen-bond acceptors (Lipinski definition) is 2. The van der Waals surface area contributed by atoms with Gasteiger partial charge in [-0.3, -0.25) is 0 Å². The van der Waals surface area contributed by atoms with Crippen LogP contribution in [0.2, 0.25) is 5.02 Å². The Morgan fingerprint density at radius 1 is 1.58 bits per heavy atom. The lowest BCUT2D eigenvalue weighted by Crippen LogP contribution is -1.96. The van der Waals surface area contributed by atoms with Gasteiger partial charge in [0.1, 0.15) is 0 Å². The Kier molecular flexibility index (Phi) is 1.73. The van der Waals surface area contributed by atoms with Gasteiger partial charge in [-0.05, 0) is 12.5 Å². The van der Waals surface area contributed by atoms with Gasteiger partial charge in [0.15, 0.2) is 5.65 Å². The second kappa shape index (κ2) is 2.75. The molecule has 0 saturated heterocycles. The van der Waals surface area contributed by atoms with Crippen molar-refractivity contribution in [1.29, 1.82) is 0 Å². The SMILES string of the molecule is CCc1cc(Cl)c2nccn2n1. The average molecular weight is 182 g/mol. The van der Waals surface area contributed by atoms with Gasteiger partial charge in [-0.15, -0.1) is 0 Å². The van der Waals surface area contributed by atoms with Gasteiger partial charge in [0, 0.05) is 12.4 Å². The summed E-state index contributed by atoms with van der Waals surface area (Å²) in [4.78, 5) is 4.06. The molecule has 3 nitrogen and oxygen atoms in total. The molecule has 0 amide bonds. The van der Waals surface area contributed by atoms with Gasteiger partial charge in [-0.25, -0.2) is 9.50 Å². The maximum absolute atomic E-state index is 5.96. The predicted octanol–water partition coefficient (Wildman–Crippen LogP) is 1.95. The fourth-order valence-corrected chi connectivity index (χ4v) is 1.36. The predicted molar refractivity (Wildman–Crippen MR) is 47.4 cm³/mol. The van der Waals surface area contributed by atoms with Crippen LogP contribution >= 0.6 is 11.6 Å². The molecule has 12 heavy (non-hydrogen) atoms. The van der Waals surface area contributed by atoms with Gasteiger partial charge in [0.05, 0.1) is 10.7 Å². The van der Waals surface area contributed by atoms with Gasteiger partial charge < -0.3 is 0 Å². The third kappa shape index (κ3) is 1.06. The topological polar surface area (TPSA) is 30.2 Å². The van der Waals surface area contributed by atoms with Crippen molar-refractivity contribution in [2.45, 2.75) is 13.3 Å². The highest BCUT2D eigenvalue weighted by molar-refractivity contribution is 6.33. The summed E-state index contributed by atoms with van der Waals surface area (Å²) in [5.41, 5.74) is 1.69. The van der Waals surface area contributed by atoms with Crippen molar-refractivity contribution >= 4 is 17.2 Å². The fraction of sp³-hybridized carbons (Fsp3) is 0.250. The number of halogens is 1. The minimum Gasteiger partial charge on any atom is -0.234 e. The quantitative estimate of drug-likeness (QED) is 0.673. The molecule has 0 aliphatic heterocycles. The van der Waals surface area contributed by atoms with Gasteiger partial charge in [-0.2, -0.15) is 5.10 Å². The van der Waals surface area contributed by atoms with E-state index in [0.717, 1.165) is 12.1 Å². The van der Waals surface area contributed by atoms with E-state index in [-0.39, 0.29) is 0 Å². The number of imidazole rings is 1. The number of hydrogen-bond donors (Lipinski definition) is 0. The van der Waals surface area contributed by atoms with Crippen molar-refractivity contribution in [2.75, 3.05) is 0 Å². The van der Waals surface area contributed by atoms with Crippen LogP contribution in [0.1, 0.15) is 12.6 Å². The summed E-state index contributed by atoms with van der Waals surface area (Å²) in [6.07, 6.45) is 4.36. The van der Waals surface area contributed by atoms with Crippen LogP contribution in [0.5, 0.6) is 0 Å². The molecule has 0 aliphatic carbocycles. The Balaban J connectivity index is 2.75. The number of fused-ring (bicyclic) bond motifs is 1. The molecule has 2 aromatic heterocycles. The van der Waals surface area contributed by atoms with E-state index >= 15 is 0 Å². The zero-order chi connectivity index (χ0) is 8.55. The van der Waals surface area contributed by atoms with Crippen LogP contribution in [0.3, 0.4) is 0 Å². The van der Waals surface area contributed by atoms with E-state index < -0.39 is 0 Å². The number of nitrogens with zero attached hydrogens (tertiary/aromatic N) is 3. The van der Waals surface area contributed by atoms with Crippen molar-refractivity contribution in [2.24, 2.45) is 0 Å². The lowest BCUT2D eigenvalue weighted by Gasteiger charge is -1.98. The zero-order valence-electron chi connectivity index (χ0n) is 6.66. The van der Waals surface area contributed by atoms with Crippen molar-refractivity contribution < 1.29 is 0 Å². The molecular weight excluding hydrogens is 174 g/mol. The normalized spacial score (nSPS) is 10.8. The summed E-state index contributed by atoms with van der Waals surface area (Å²) < 4.78 is 1.70. The van der Waals surface area contributed by atoms with Crippen LogP contribution in [-0.2, 0) is 6.42 Å². The van der Waals surface area contributed by atoms with E-state index in [4.69, 9.17) is 11.6 Å². The molecule has 0 aromatic carbocycles. The Hall–Kier alpha value is -1.09. The number of rotatable bonds is 1. The van der Waals surface area contributed by atoms with E-state index in [0.29, 0.717) is 10.7 Å². The molecule has 0 unspecified atom stereocenters. The van der Waals surface area contributed by atoms with Gasteiger partial charge in [-0.1, -0.05) is 18.5 Å². The summed E-state index contributed by atoms with van der Waals surface area (Å²) in [7, 11) is 0. The molecule has 0 N–H and O–H groups in total. The van der Waals surface area contributed by atoms with Crippen LogP contribution in [-0.4, -0.2) is 14.6 Å². The highest BCUT2D eigenvalue weighted by Gasteiger charge is 2.02. The lowest BCUT2D eigenvalue weighted by atomic mass is 10.3. The van der Waals surface area contributed by atoms with E-state index in [2.05, 4.69) is 10.1 Å². The van der Waals surface area contributed by atoms with Crippen LogP contribution in [0, 0.1) is 0 Å². The Morgan fingerprint density at radius 2 is 2.42 bits per heavy atom. The van der Waals surface area contributed by atoms with Crippen molar-refractivity contribution in [3.63, 3.8) is 0 Å². The second-order valence-electron chi connectivity index (χ2n) is 2.53. The van der Waals surface area contributed by atoms with E-state index in [1.807, 2.05) is 13.0 Å². The molecule has 2 heterocycles. The highest BCUT2D eigenvalue weighted by Crippen LogP contribution is 2.15. The van der Waals surface area contributed by atoms with Crippen molar-refractivity contribution in [3.05, 3.63) is 29.2 Å². The summed E-state index contributed by atoms with van der Waals surface area (Å²) in [5, 5.41) is 4.94. The Morgan fingerprint density at radius 3 is 3.17 bits per heavy atom. The van der Waals surface area contributed by atoms with Crippen LogP contribution in [0.15, 0.2) is 18.5 Å². The Bertz CT molecular complexity index is 408. The first-order chi connectivity index (χ1) is 5.81. The van der Waals surface area contributed by atoms with Crippen LogP contribution in [0.25, 0.3) is 5.65 Å². The molecule has 0 radical (unpaired) electrons. The lowest BCUT2D eigenvalue weighted by molar-refractivity contribution is 0.862. The fourth-order valence-electron chi connectivity index (χ4n) is 1.10. The van der Waals surface area contributed by atoms with Gasteiger partial charge in [0.2, 0.25) is 0 Å². The molecule has 0 aliphatic rings. The maximum Gasteiger partial charge on any atom is 0.172 e. The molecule has 0 bridgehead atoms. The van der Waals surface area contributed by atoms with Crippen molar-refractivity contribution in [3.8, 4) is 0 Å². The summed E-state index contributed by atoms with van der Waals surface area (Å²) in [6, 6.07) is 1.85. The van der Waals surface area contributed by atoms with E-state index in [1.165, 1.54) is 0 Å². The van der Waals surface area contributed by atoms with Crippen molar-refractivity contribution in [1.82, 2.24) is 14.6 Å². The van der Waals surface area contributed by atoms with Gasteiger partial charge in [0.25, 0.3) is 0 Å². The summed E-state index contributed by atoms with van der Waals surface area (Å²) in [5.74, 6) is 0. The standard InChI is InChI=1S/C8H8ClN3/c1-2-6-5-7(9)8-10-3-4-12(8)11-6/h3-5H,2H2,1H3. The molecule has 0 spiro atoms. The maximum atomic E-state index is 5.96. The molecule has 2 aromatic rings. The molecule has 2 rings (SSSR count). The minimum absolute atomic E-state index is 0.659. The van der Waals surface area contributed by atoms with E-state index in [9.17, 15) is 0 Å². The average Bonchev–Trinajstić information content (AvgIpc) is 2.52. The molecule has 62 valence electrons. The minimum atomic E-state index is 0.659. The monoisotopic (exact) mass is 181 g/mol. The van der Waals surface area contributed by atoms with Crippen LogP contribution in [0.4, 0.5) is 0 Å². The smallest absolute Gasteiger partial charge is 0.172 e. The third-order valence-electron chi connectivity index (χ3n) is 1.73. The Labute approximate surface area is 75.0 Å². The molecule has 0 fully saturated rings. The van der Waals surface area contributed by atoms with E-state index in [1.54, 1.807) is 16.9 Å². The molecule has 0 saturated carbocycles. The molecule has 0 atom stereocenters. The first-order valence-corrected chi connectivity index (χ1v) is 4.18. The highest BCUT2D eigenvalue weighted by atomic mass is 35.5. The summed E-state index contributed by atoms with van der Waals surface area (Å²) in [6.45, 7) is 2.04. The second-order valence-corrected chi connectivity index (χ2v) is 2.94. The zero-order valence-corrected chi connectivity index (χ0v) is 7.41. The first-order valence-electron chi connectivity index (χ1n) is 3.80. The molecule has 4 heteroatoms. The third-order valence-corrected chi connectivity index (χ3v) is 2.01.